The highest BCUT2D eigenvalue weighted by atomic mass is 127. The number of carbonyl (C=O) groups excluding carboxylic acids is 1. The lowest BCUT2D eigenvalue weighted by Crippen LogP contribution is -2.30. The molecule has 0 heterocycles. The zero-order chi connectivity index (χ0) is 18.1. The summed E-state index contributed by atoms with van der Waals surface area (Å²) in [6.07, 6.45) is 6.75. The van der Waals surface area contributed by atoms with Crippen LogP contribution in [0, 0.1) is 27.2 Å². The summed E-state index contributed by atoms with van der Waals surface area (Å²) < 4.78 is 11.9. The molecule has 5 nitrogen and oxygen atoms in total. The molecule has 1 N–H and O–H groups in total. The smallest absolute Gasteiger partial charge is 0.262 e. The van der Waals surface area contributed by atoms with E-state index in [1.807, 2.05) is 26.8 Å². The first-order chi connectivity index (χ1) is 11.4. The third kappa shape index (κ3) is 5.78. The maximum Gasteiger partial charge on any atom is 0.262 e. The summed E-state index contributed by atoms with van der Waals surface area (Å²) in [5, 5.41) is 11.9. The van der Waals surface area contributed by atoms with Crippen LogP contribution in [0.15, 0.2) is 17.7 Å². The van der Waals surface area contributed by atoms with E-state index in [2.05, 4.69) is 33.8 Å². The number of hydrogen-bond acceptors (Lipinski definition) is 4. The molecule has 0 fully saturated rings. The number of hydrogen-bond donors (Lipinski definition) is 1. The van der Waals surface area contributed by atoms with Crippen LogP contribution in [-0.4, -0.2) is 25.2 Å². The zero-order valence-electron chi connectivity index (χ0n) is 13.9. The Morgan fingerprint density at radius 1 is 1.46 bits per heavy atom. The number of rotatable bonds is 7. The van der Waals surface area contributed by atoms with Crippen LogP contribution >= 0.6 is 22.6 Å². The van der Waals surface area contributed by atoms with Crippen molar-refractivity contribution in [3.8, 4) is 29.9 Å². The van der Waals surface area contributed by atoms with Gasteiger partial charge in [0.15, 0.2) is 11.5 Å². The minimum absolute atomic E-state index is 0.0271. The molecule has 0 radical (unpaired) electrons. The summed E-state index contributed by atoms with van der Waals surface area (Å²) in [6, 6.07) is 5.40. The average molecular weight is 438 g/mol. The summed E-state index contributed by atoms with van der Waals surface area (Å²) in [7, 11) is 0. The number of ether oxygens (including phenoxy) is 2. The molecule has 0 bridgehead atoms. The normalized spacial score (nSPS) is 10.7. The van der Waals surface area contributed by atoms with Gasteiger partial charge < -0.3 is 14.8 Å². The van der Waals surface area contributed by atoms with Gasteiger partial charge in [-0.1, -0.05) is 5.92 Å². The molecule has 0 aliphatic rings. The SMILES string of the molecule is C#CCOc1c(I)cc(/C=C(/C#N)C(=O)NC(C)C)cc1OCC. The molecular weight excluding hydrogens is 419 g/mol. The maximum atomic E-state index is 12.0. The molecular formula is C18H19IN2O3. The third-order valence-corrected chi connectivity index (χ3v) is 3.53. The van der Waals surface area contributed by atoms with Crippen LogP contribution in [0.3, 0.4) is 0 Å². The van der Waals surface area contributed by atoms with E-state index < -0.39 is 5.91 Å². The van der Waals surface area contributed by atoms with Gasteiger partial charge in [0.25, 0.3) is 5.91 Å². The van der Waals surface area contributed by atoms with Gasteiger partial charge in [0.2, 0.25) is 0 Å². The molecule has 0 aromatic heterocycles. The number of nitriles is 1. The molecule has 1 aromatic carbocycles. The van der Waals surface area contributed by atoms with Gasteiger partial charge in [-0.05, 0) is 67.1 Å². The Morgan fingerprint density at radius 3 is 2.71 bits per heavy atom. The van der Waals surface area contributed by atoms with Crippen LogP contribution in [-0.2, 0) is 4.79 Å². The van der Waals surface area contributed by atoms with Crippen molar-refractivity contribution < 1.29 is 14.3 Å². The lowest BCUT2D eigenvalue weighted by atomic mass is 10.1. The molecule has 1 aromatic rings. The van der Waals surface area contributed by atoms with Crippen molar-refractivity contribution in [2.24, 2.45) is 0 Å². The van der Waals surface area contributed by atoms with Crippen LogP contribution in [0.1, 0.15) is 26.3 Å². The highest BCUT2D eigenvalue weighted by Gasteiger charge is 2.14. The third-order valence-electron chi connectivity index (χ3n) is 2.73. The lowest BCUT2D eigenvalue weighted by Gasteiger charge is -2.13. The summed E-state index contributed by atoms with van der Waals surface area (Å²) in [5.41, 5.74) is 0.700. The second-order valence-electron chi connectivity index (χ2n) is 5.05. The molecule has 0 saturated heterocycles. The monoisotopic (exact) mass is 438 g/mol. The minimum Gasteiger partial charge on any atom is -0.490 e. The number of carbonyl (C=O) groups is 1. The quantitative estimate of drug-likeness (QED) is 0.308. The van der Waals surface area contributed by atoms with Gasteiger partial charge in [0, 0.05) is 6.04 Å². The molecule has 0 saturated carbocycles. The van der Waals surface area contributed by atoms with Gasteiger partial charge in [-0.2, -0.15) is 5.26 Å². The van der Waals surface area contributed by atoms with E-state index in [0.29, 0.717) is 23.7 Å². The fourth-order valence-electron chi connectivity index (χ4n) is 1.84. The highest BCUT2D eigenvalue weighted by Crippen LogP contribution is 2.34. The zero-order valence-corrected chi connectivity index (χ0v) is 16.0. The van der Waals surface area contributed by atoms with E-state index in [1.165, 1.54) is 6.08 Å². The van der Waals surface area contributed by atoms with Gasteiger partial charge in [-0.15, -0.1) is 6.42 Å². The fraction of sp³-hybridized carbons (Fsp3) is 0.333. The summed E-state index contributed by atoms with van der Waals surface area (Å²) in [6.45, 7) is 6.11. The minimum atomic E-state index is -0.409. The molecule has 24 heavy (non-hydrogen) atoms. The van der Waals surface area contributed by atoms with Crippen molar-refractivity contribution in [1.82, 2.24) is 5.32 Å². The Balaban J connectivity index is 3.24. The molecule has 126 valence electrons. The predicted octanol–water partition coefficient (Wildman–Crippen LogP) is 3.13. The molecule has 1 rings (SSSR count). The number of benzene rings is 1. The van der Waals surface area contributed by atoms with E-state index >= 15 is 0 Å². The van der Waals surface area contributed by atoms with Crippen LogP contribution in [0.2, 0.25) is 0 Å². The molecule has 0 atom stereocenters. The van der Waals surface area contributed by atoms with Crippen molar-refractivity contribution in [3.63, 3.8) is 0 Å². The maximum absolute atomic E-state index is 12.0. The van der Waals surface area contributed by atoms with Crippen LogP contribution < -0.4 is 14.8 Å². The first-order valence-corrected chi connectivity index (χ1v) is 8.46. The molecule has 0 spiro atoms. The molecule has 0 unspecified atom stereocenters. The molecule has 1 amide bonds. The highest BCUT2D eigenvalue weighted by molar-refractivity contribution is 14.1. The summed E-state index contributed by atoms with van der Waals surface area (Å²) >= 11 is 2.10. The van der Waals surface area contributed by atoms with Crippen molar-refractivity contribution in [3.05, 3.63) is 26.8 Å². The first-order valence-electron chi connectivity index (χ1n) is 7.38. The van der Waals surface area contributed by atoms with E-state index in [0.717, 1.165) is 3.57 Å². The first kappa shape index (κ1) is 19.9. The number of amides is 1. The Morgan fingerprint density at radius 2 is 2.17 bits per heavy atom. The van der Waals surface area contributed by atoms with Crippen LogP contribution in [0.4, 0.5) is 0 Å². The van der Waals surface area contributed by atoms with Crippen molar-refractivity contribution in [1.29, 1.82) is 5.26 Å². The fourth-order valence-corrected chi connectivity index (χ4v) is 2.62. The van der Waals surface area contributed by atoms with E-state index in [-0.39, 0.29) is 18.2 Å². The van der Waals surface area contributed by atoms with Crippen molar-refractivity contribution >= 4 is 34.6 Å². The largest absolute Gasteiger partial charge is 0.490 e. The van der Waals surface area contributed by atoms with E-state index in [9.17, 15) is 10.1 Å². The Hall–Kier alpha value is -2.19. The summed E-state index contributed by atoms with van der Waals surface area (Å²) in [4.78, 5) is 12.0. The number of nitrogens with one attached hydrogen (secondary N) is 1. The molecule has 6 heteroatoms. The second-order valence-corrected chi connectivity index (χ2v) is 6.22. The standard InChI is InChI=1S/C18H19IN2O3/c1-5-7-24-17-15(19)9-13(10-16(17)23-6-2)8-14(11-20)18(22)21-12(3)4/h1,8-10,12H,6-7H2,2-4H3,(H,21,22)/b14-8-. The second kappa shape index (κ2) is 9.84. The number of terminal acetylenes is 1. The van der Waals surface area contributed by atoms with Gasteiger partial charge >= 0.3 is 0 Å². The topological polar surface area (TPSA) is 71.3 Å². The predicted molar refractivity (Wildman–Crippen MR) is 102 cm³/mol. The van der Waals surface area contributed by atoms with Gasteiger partial charge in [0.05, 0.1) is 10.2 Å². The van der Waals surface area contributed by atoms with Crippen molar-refractivity contribution in [2.45, 2.75) is 26.8 Å². The van der Waals surface area contributed by atoms with Gasteiger partial charge in [-0.25, -0.2) is 0 Å². The number of nitrogens with zero attached hydrogens (tertiary/aromatic N) is 1. The molecule has 0 aliphatic carbocycles. The van der Waals surface area contributed by atoms with Gasteiger partial charge in [0.1, 0.15) is 18.2 Å². The Bertz CT molecular complexity index is 712. The van der Waals surface area contributed by atoms with E-state index in [1.54, 1.807) is 12.1 Å². The average Bonchev–Trinajstić information content (AvgIpc) is 2.51. The molecule has 0 aliphatic heterocycles. The number of halogens is 1. The van der Waals surface area contributed by atoms with E-state index in [4.69, 9.17) is 15.9 Å². The lowest BCUT2D eigenvalue weighted by molar-refractivity contribution is -0.117. The summed E-state index contributed by atoms with van der Waals surface area (Å²) in [5.74, 6) is 3.08. The Labute approximate surface area is 156 Å². The van der Waals surface area contributed by atoms with Gasteiger partial charge in [-0.3, -0.25) is 4.79 Å². The van der Waals surface area contributed by atoms with Crippen LogP contribution in [0.25, 0.3) is 6.08 Å². The Kier molecular flexibility index (Phi) is 8.14. The van der Waals surface area contributed by atoms with Crippen molar-refractivity contribution in [2.75, 3.05) is 13.2 Å². The van der Waals surface area contributed by atoms with Crippen LogP contribution in [0.5, 0.6) is 11.5 Å².